The van der Waals surface area contributed by atoms with Crippen molar-refractivity contribution in [1.29, 1.82) is 0 Å². The van der Waals surface area contributed by atoms with Crippen molar-refractivity contribution >= 4 is 54.0 Å². The monoisotopic (exact) mass is 361 g/mol. The molecule has 0 radical (unpaired) electrons. The first kappa shape index (κ1) is 15.6. The van der Waals surface area contributed by atoms with Crippen LogP contribution in [0.2, 0.25) is 0 Å². The summed E-state index contributed by atoms with van der Waals surface area (Å²) in [5.74, 6) is -1.01. The largest absolute Gasteiger partial charge is 0.481 e. The molecule has 1 aliphatic rings. The molecule has 0 aliphatic carbocycles. The minimum atomic E-state index is -0.915. The van der Waals surface area contributed by atoms with Gasteiger partial charge in [-0.25, -0.2) is 0 Å². The van der Waals surface area contributed by atoms with E-state index in [1.807, 2.05) is 18.2 Å². The molecule has 124 valence electrons. The summed E-state index contributed by atoms with van der Waals surface area (Å²) in [6, 6.07) is 9.69. The SMILES string of the molecule is O=C(O)CC1COCCN1C(=O)c1cc2sc3ccccc3c2s1. The Morgan fingerprint density at radius 3 is 2.92 bits per heavy atom. The van der Waals surface area contributed by atoms with Crippen LogP contribution in [0.25, 0.3) is 19.5 Å². The second-order valence-corrected chi connectivity index (χ2v) is 7.86. The first-order valence-corrected chi connectivity index (χ1v) is 9.28. The maximum Gasteiger partial charge on any atom is 0.305 e. The third kappa shape index (κ3) is 2.68. The van der Waals surface area contributed by atoms with Crippen molar-refractivity contribution in [2.24, 2.45) is 0 Å². The van der Waals surface area contributed by atoms with Crippen LogP contribution in [0.1, 0.15) is 16.1 Å². The molecule has 2 aromatic heterocycles. The Morgan fingerprint density at radius 2 is 2.08 bits per heavy atom. The standard InChI is InChI=1S/C17H15NO4S2/c19-15(20)7-10-9-22-6-5-18(10)17(21)14-8-13-16(24-14)11-3-1-2-4-12(11)23-13/h1-4,8,10H,5-7,9H2,(H,19,20). The van der Waals surface area contributed by atoms with E-state index in [0.29, 0.717) is 18.0 Å². The van der Waals surface area contributed by atoms with Crippen LogP contribution in [0.4, 0.5) is 0 Å². The highest BCUT2D eigenvalue weighted by Crippen LogP contribution is 2.39. The highest BCUT2D eigenvalue weighted by Gasteiger charge is 2.30. The number of hydrogen-bond acceptors (Lipinski definition) is 5. The van der Waals surface area contributed by atoms with Gasteiger partial charge >= 0.3 is 5.97 Å². The molecule has 0 spiro atoms. The molecule has 1 unspecified atom stereocenters. The molecule has 1 atom stereocenters. The van der Waals surface area contributed by atoms with E-state index < -0.39 is 12.0 Å². The van der Waals surface area contributed by atoms with E-state index >= 15 is 0 Å². The van der Waals surface area contributed by atoms with Gasteiger partial charge in [-0.15, -0.1) is 22.7 Å². The second-order valence-electron chi connectivity index (χ2n) is 5.73. The van der Waals surface area contributed by atoms with Crippen LogP contribution in [0.15, 0.2) is 30.3 Å². The zero-order valence-corrected chi connectivity index (χ0v) is 14.4. The van der Waals surface area contributed by atoms with E-state index in [2.05, 4.69) is 12.1 Å². The van der Waals surface area contributed by atoms with E-state index in [1.165, 1.54) is 21.4 Å². The van der Waals surface area contributed by atoms with Gasteiger partial charge in [-0.3, -0.25) is 9.59 Å². The van der Waals surface area contributed by atoms with Crippen molar-refractivity contribution in [2.75, 3.05) is 19.8 Å². The third-order valence-electron chi connectivity index (χ3n) is 4.16. The van der Waals surface area contributed by atoms with Crippen LogP contribution in [0.3, 0.4) is 0 Å². The first-order chi connectivity index (χ1) is 11.6. The lowest BCUT2D eigenvalue weighted by molar-refractivity contribution is -0.139. The maximum atomic E-state index is 12.9. The molecular weight excluding hydrogens is 346 g/mol. The van der Waals surface area contributed by atoms with Gasteiger partial charge in [0.2, 0.25) is 0 Å². The number of rotatable bonds is 3. The van der Waals surface area contributed by atoms with Gasteiger partial charge in [-0.05, 0) is 12.1 Å². The van der Waals surface area contributed by atoms with Crippen LogP contribution in [0.5, 0.6) is 0 Å². The van der Waals surface area contributed by atoms with Crippen molar-refractivity contribution in [3.05, 3.63) is 35.2 Å². The molecule has 0 bridgehead atoms. The smallest absolute Gasteiger partial charge is 0.305 e. The molecule has 1 aliphatic heterocycles. The van der Waals surface area contributed by atoms with Crippen molar-refractivity contribution in [1.82, 2.24) is 4.90 Å². The molecule has 3 heterocycles. The number of carboxylic acids is 1. The fourth-order valence-corrected chi connectivity index (χ4v) is 5.52. The average molecular weight is 361 g/mol. The van der Waals surface area contributed by atoms with E-state index in [4.69, 9.17) is 9.84 Å². The van der Waals surface area contributed by atoms with E-state index in [1.54, 1.807) is 16.2 Å². The molecule has 7 heteroatoms. The maximum absolute atomic E-state index is 12.9. The lowest BCUT2D eigenvalue weighted by Gasteiger charge is -2.34. The summed E-state index contributed by atoms with van der Waals surface area (Å²) in [5.41, 5.74) is 0. The first-order valence-electron chi connectivity index (χ1n) is 7.65. The number of carboxylic acid groups (broad SMARTS) is 1. The number of amides is 1. The number of carbonyl (C=O) groups is 2. The predicted octanol–water partition coefficient (Wildman–Crippen LogP) is 3.43. The molecule has 1 aromatic carbocycles. The van der Waals surface area contributed by atoms with Gasteiger partial charge in [0.15, 0.2) is 0 Å². The Balaban J connectivity index is 1.67. The Bertz CT molecular complexity index is 929. The minimum Gasteiger partial charge on any atom is -0.481 e. The molecule has 1 N–H and O–H groups in total. The van der Waals surface area contributed by atoms with Crippen molar-refractivity contribution in [3.8, 4) is 0 Å². The van der Waals surface area contributed by atoms with Gasteiger partial charge in [0.25, 0.3) is 5.91 Å². The average Bonchev–Trinajstić information content (AvgIpc) is 3.12. The number of aliphatic carboxylic acids is 1. The molecule has 0 saturated carbocycles. The second kappa shape index (κ2) is 6.16. The lowest BCUT2D eigenvalue weighted by atomic mass is 10.1. The molecule has 1 fully saturated rings. The summed E-state index contributed by atoms with van der Waals surface area (Å²) in [5, 5.41) is 10.2. The van der Waals surface area contributed by atoms with Gasteiger partial charge in [0.1, 0.15) is 0 Å². The van der Waals surface area contributed by atoms with Crippen LogP contribution in [0, 0.1) is 0 Å². The van der Waals surface area contributed by atoms with E-state index in [0.717, 1.165) is 9.40 Å². The highest BCUT2D eigenvalue weighted by molar-refractivity contribution is 7.33. The van der Waals surface area contributed by atoms with Crippen LogP contribution in [-0.2, 0) is 9.53 Å². The fraction of sp³-hybridized carbons (Fsp3) is 0.294. The number of ether oxygens (including phenoxy) is 1. The zero-order valence-electron chi connectivity index (χ0n) is 12.7. The van der Waals surface area contributed by atoms with Crippen molar-refractivity contribution in [2.45, 2.75) is 12.5 Å². The summed E-state index contributed by atoms with van der Waals surface area (Å²) in [6.07, 6.45) is -0.0889. The summed E-state index contributed by atoms with van der Waals surface area (Å²) in [7, 11) is 0. The molecule has 24 heavy (non-hydrogen) atoms. The van der Waals surface area contributed by atoms with Gasteiger partial charge in [-0.1, -0.05) is 18.2 Å². The molecular formula is C17H15NO4S2. The van der Waals surface area contributed by atoms with Crippen LogP contribution >= 0.6 is 22.7 Å². The number of morpholine rings is 1. The van der Waals surface area contributed by atoms with Gasteiger partial charge in [-0.2, -0.15) is 0 Å². The Morgan fingerprint density at radius 1 is 1.25 bits per heavy atom. The number of benzene rings is 1. The van der Waals surface area contributed by atoms with Crippen LogP contribution < -0.4 is 0 Å². The fourth-order valence-electron chi connectivity index (χ4n) is 3.04. The number of hydrogen-bond donors (Lipinski definition) is 1. The van der Waals surface area contributed by atoms with Gasteiger partial charge in [0, 0.05) is 21.3 Å². The molecule has 4 rings (SSSR count). The van der Waals surface area contributed by atoms with Crippen molar-refractivity contribution in [3.63, 3.8) is 0 Å². The Hall–Kier alpha value is -1.96. The topological polar surface area (TPSA) is 66.8 Å². The molecule has 1 saturated heterocycles. The Labute approximate surface area is 146 Å². The quantitative estimate of drug-likeness (QED) is 0.776. The number of fused-ring (bicyclic) bond motifs is 3. The van der Waals surface area contributed by atoms with Gasteiger partial charge in [0.05, 0.1) is 35.3 Å². The van der Waals surface area contributed by atoms with E-state index in [-0.39, 0.29) is 18.9 Å². The predicted molar refractivity (Wildman–Crippen MR) is 95.1 cm³/mol. The van der Waals surface area contributed by atoms with E-state index in [9.17, 15) is 9.59 Å². The Kier molecular flexibility index (Phi) is 3.99. The highest BCUT2D eigenvalue weighted by atomic mass is 32.1. The molecule has 3 aromatic rings. The summed E-state index contributed by atoms with van der Waals surface area (Å²) in [6.45, 7) is 1.16. The molecule has 5 nitrogen and oxygen atoms in total. The molecule has 1 amide bonds. The third-order valence-corrected chi connectivity index (χ3v) is 6.56. The minimum absolute atomic E-state index is 0.0889. The number of thiophene rings is 2. The normalized spacial score (nSPS) is 18.3. The lowest BCUT2D eigenvalue weighted by Crippen LogP contribution is -2.49. The number of carbonyl (C=O) groups excluding carboxylic acids is 1. The van der Waals surface area contributed by atoms with Crippen molar-refractivity contribution < 1.29 is 19.4 Å². The summed E-state index contributed by atoms with van der Waals surface area (Å²) < 4.78 is 8.80. The summed E-state index contributed by atoms with van der Waals surface area (Å²) >= 11 is 3.17. The summed E-state index contributed by atoms with van der Waals surface area (Å²) in [4.78, 5) is 26.2. The van der Waals surface area contributed by atoms with Gasteiger partial charge < -0.3 is 14.7 Å². The number of nitrogens with zero attached hydrogens (tertiary/aromatic N) is 1. The van der Waals surface area contributed by atoms with Crippen LogP contribution in [-0.4, -0.2) is 47.7 Å². The zero-order chi connectivity index (χ0) is 16.7.